The minimum atomic E-state index is -3.96. The second-order valence-corrected chi connectivity index (χ2v) is 9.40. The van der Waals surface area contributed by atoms with Crippen LogP contribution in [0.3, 0.4) is 0 Å². The molecule has 0 radical (unpaired) electrons. The third-order valence-corrected chi connectivity index (χ3v) is 6.16. The molecule has 2 rings (SSSR count). The summed E-state index contributed by atoms with van der Waals surface area (Å²) >= 11 is 0.878. The molecule has 32 heavy (non-hydrogen) atoms. The van der Waals surface area contributed by atoms with Gasteiger partial charge in [0, 0.05) is 37.2 Å². The van der Waals surface area contributed by atoms with Gasteiger partial charge < -0.3 is 10.4 Å². The summed E-state index contributed by atoms with van der Waals surface area (Å²) in [5.74, 6) is -1.67. The van der Waals surface area contributed by atoms with Crippen LogP contribution in [0.2, 0.25) is 0 Å². The minimum absolute atomic E-state index is 0.0107. The number of aromatic nitrogens is 1. The largest absolute Gasteiger partial charge is 0.481 e. The molecule has 0 fully saturated rings. The molecule has 0 aliphatic heterocycles. The van der Waals surface area contributed by atoms with Gasteiger partial charge >= 0.3 is 5.97 Å². The first-order chi connectivity index (χ1) is 15.1. The molecule has 0 spiro atoms. The number of Topliss-reactive ketones (excluding diaryl/α,β-unsaturated/α-hetero) is 1. The highest BCUT2D eigenvalue weighted by molar-refractivity contribution is 8.14. The van der Waals surface area contributed by atoms with E-state index in [4.69, 9.17) is 5.11 Å². The number of nitrogens with one attached hydrogen (secondary N) is 2. The number of thioether (sulfide) groups is 1. The maximum Gasteiger partial charge on any atom is 0.303 e. The lowest BCUT2D eigenvalue weighted by Crippen LogP contribution is -2.15. The molecule has 0 aliphatic rings. The summed E-state index contributed by atoms with van der Waals surface area (Å²) < 4.78 is 27.4. The number of benzene rings is 1. The molecule has 0 bridgehead atoms. The van der Waals surface area contributed by atoms with Crippen LogP contribution in [-0.2, 0) is 24.4 Å². The monoisotopic (exact) mass is 479 g/mol. The first-order valence-electron chi connectivity index (χ1n) is 9.34. The molecule has 12 heteroatoms. The Morgan fingerprint density at radius 3 is 2.28 bits per heavy atom. The van der Waals surface area contributed by atoms with Gasteiger partial charge in [-0.15, -0.1) is 0 Å². The number of ketones is 1. The van der Waals surface area contributed by atoms with E-state index in [0.29, 0.717) is 5.69 Å². The normalized spacial score (nSPS) is 10.9. The summed E-state index contributed by atoms with van der Waals surface area (Å²) in [5.41, 5.74) is 0.624. The Labute approximate surface area is 188 Å². The fraction of sp³-hybridized carbons (Fsp3) is 0.250. The third-order valence-electron chi connectivity index (χ3n) is 3.97. The summed E-state index contributed by atoms with van der Waals surface area (Å²) in [6, 6.07) is 8.17. The van der Waals surface area contributed by atoms with Crippen LogP contribution >= 0.6 is 11.8 Å². The average molecular weight is 480 g/mol. The Morgan fingerprint density at radius 2 is 1.72 bits per heavy atom. The summed E-state index contributed by atoms with van der Waals surface area (Å²) in [4.78, 5) is 49.0. The molecule has 0 atom stereocenters. The molecular formula is C20H21N3O7S2. The number of carboxylic acid groups (broad SMARTS) is 1. The van der Waals surface area contributed by atoms with Gasteiger partial charge in [0.2, 0.25) is 5.91 Å². The van der Waals surface area contributed by atoms with Crippen molar-refractivity contribution in [3.8, 4) is 0 Å². The van der Waals surface area contributed by atoms with E-state index in [9.17, 15) is 27.6 Å². The zero-order valence-corrected chi connectivity index (χ0v) is 18.7. The van der Waals surface area contributed by atoms with Crippen LogP contribution < -0.4 is 10.0 Å². The van der Waals surface area contributed by atoms with Crippen molar-refractivity contribution in [2.24, 2.45) is 0 Å². The van der Waals surface area contributed by atoms with Gasteiger partial charge in [0.15, 0.2) is 10.9 Å². The number of pyridine rings is 1. The lowest BCUT2D eigenvalue weighted by atomic mass is 10.2. The van der Waals surface area contributed by atoms with Gasteiger partial charge in [0.25, 0.3) is 10.0 Å². The van der Waals surface area contributed by atoms with Crippen molar-refractivity contribution < 1.29 is 32.7 Å². The molecule has 1 amide bonds. The van der Waals surface area contributed by atoms with E-state index < -0.39 is 16.0 Å². The van der Waals surface area contributed by atoms with E-state index in [2.05, 4.69) is 15.0 Å². The van der Waals surface area contributed by atoms with Crippen molar-refractivity contribution in [2.75, 3.05) is 15.8 Å². The van der Waals surface area contributed by atoms with E-state index in [1.807, 2.05) is 0 Å². The van der Waals surface area contributed by atoms with E-state index >= 15 is 0 Å². The fourth-order valence-corrected chi connectivity index (χ4v) is 3.92. The van der Waals surface area contributed by atoms with Crippen LogP contribution in [0.4, 0.5) is 11.5 Å². The second kappa shape index (κ2) is 11.4. The minimum Gasteiger partial charge on any atom is -0.481 e. The van der Waals surface area contributed by atoms with Crippen molar-refractivity contribution in [1.82, 2.24) is 4.98 Å². The molecule has 10 nitrogen and oxygen atoms in total. The van der Waals surface area contributed by atoms with Gasteiger partial charge in [-0.25, -0.2) is 13.4 Å². The first kappa shape index (κ1) is 25.0. The van der Waals surface area contributed by atoms with Gasteiger partial charge in [-0.05, 0) is 42.8 Å². The predicted molar refractivity (Wildman–Crippen MR) is 119 cm³/mol. The lowest BCUT2D eigenvalue weighted by molar-refractivity contribution is -0.137. The summed E-state index contributed by atoms with van der Waals surface area (Å²) in [6.07, 6.45) is 1.34. The molecule has 1 heterocycles. The van der Waals surface area contributed by atoms with Crippen molar-refractivity contribution >= 4 is 56.1 Å². The van der Waals surface area contributed by atoms with Crippen LogP contribution in [0.25, 0.3) is 0 Å². The van der Waals surface area contributed by atoms with Crippen LogP contribution in [0.15, 0.2) is 47.5 Å². The third kappa shape index (κ3) is 8.12. The van der Waals surface area contributed by atoms with Crippen molar-refractivity contribution in [2.45, 2.75) is 31.1 Å². The van der Waals surface area contributed by atoms with E-state index in [1.54, 1.807) is 0 Å². The Bertz CT molecular complexity index is 1100. The van der Waals surface area contributed by atoms with Gasteiger partial charge in [-0.3, -0.25) is 23.9 Å². The molecule has 0 unspecified atom stereocenters. The molecule has 1 aromatic carbocycles. The molecule has 3 N–H and O–H groups in total. The smallest absolute Gasteiger partial charge is 0.303 e. The van der Waals surface area contributed by atoms with Crippen LogP contribution in [0.5, 0.6) is 0 Å². The van der Waals surface area contributed by atoms with E-state index in [0.717, 1.165) is 11.8 Å². The maximum atomic E-state index is 12.5. The Kier molecular flexibility index (Phi) is 8.91. The highest BCUT2D eigenvalue weighted by Gasteiger charge is 2.16. The number of carbonyl (C=O) groups excluding carboxylic acids is 3. The molecule has 2 aromatic rings. The number of nitrogens with zero attached hydrogens (tertiary/aromatic N) is 1. The fourth-order valence-electron chi connectivity index (χ4n) is 2.41. The lowest BCUT2D eigenvalue weighted by Gasteiger charge is -2.09. The predicted octanol–water partition coefficient (Wildman–Crippen LogP) is 2.54. The van der Waals surface area contributed by atoms with Crippen LogP contribution in [0.1, 0.15) is 36.5 Å². The molecule has 0 saturated heterocycles. The molecule has 1 aromatic heterocycles. The van der Waals surface area contributed by atoms with Crippen LogP contribution in [-0.4, -0.2) is 47.0 Å². The SMILES string of the molecule is CC(=O)SCC(=O)c1ccc(NS(=O)(=O)c2ccc(NC(=O)CCCC(=O)O)cc2)nc1. The topological polar surface area (TPSA) is 160 Å². The zero-order chi connectivity index (χ0) is 23.7. The number of hydrogen-bond acceptors (Lipinski definition) is 8. The van der Waals surface area contributed by atoms with Crippen LogP contribution in [0, 0.1) is 0 Å². The Morgan fingerprint density at radius 1 is 1.03 bits per heavy atom. The van der Waals surface area contributed by atoms with Crippen molar-refractivity contribution in [1.29, 1.82) is 0 Å². The second-order valence-electron chi connectivity index (χ2n) is 6.56. The highest BCUT2D eigenvalue weighted by atomic mass is 32.2. The number of aliphatic carboxylic acids is 1. The Balaban J connectivity index is 1.97. The number of carbonyl (C=O) groups is 4. The zero-order valence-electron chi connectivity index (χ0n) is 17.0. The number of hydrogen-bond donors (Lipinski definition) is 3. The van der Waals surface area contributed by atoms with Gasteiger partial charge in [0.1, 0.15) is 5.82 Å². The maximum absolute atomic E-state index is 12.5. The molecular weight excluding hydrogens is 458 g/mol. The summed E-state index contributed by atoms with van der Waals surface area (Å²) in [6.45, 7) is 1.36. The first-order valence-corrected chi connectivity index (χ1v) is 11.8. The van der Waals surface area contributed by atoms with Crippen molar-refractivity contribution in [3.63, 3.8) is 0 Å². The summed E-state index contributed by atoms with van der Waals surface area (Å²) in [5, 5.41) is 11.0. The van der Waals surface area contributed by atoms with Gasteiger partial charge in [-0.1, -0.05) is 11.8 Å². The highest BCUT2D eigenvalue weighted by Crippen LogP contribution is 2.18. The summed E-state index contributed by atoms with van der Waals surface area (Å²) in [7, 11) is -3.96. The molecule has 0 aliphatic carbocycles. The van der Waals surface area contributed by atoms with E-state index in [1.165, 1.54) is 49.5 Å². The standard InChI is InChI=1S/C20H21N3O7S2/c1-13(24)31-12-17(25)14-5-10-18(21-11-14)23-32(29,30)16-8-6-15(7-9-16)22-19(26)3-2-4-20(27)28/h5-11H,2-4,12H2,1H3,(H,21,23)(H,22,26)(H,27,28). The van der Waals surface area contributed by atoms with Crippen molar-refractivity contribution in [3.05, 3.63) is 48.2 Å². The number of sulfonamides is 1. The quantitative estimate of drug-likeness (QED) is 0.411. The number of amides is 1. The average Bonchev–Trinajstić information content (AvgIpc) is 2.72. The number of rotatable bonds is 11. The number of anilines is 2. The van der Waals surface area contributed by atoms with Gasteiger partial charge in [-0.2, -0.15) is 0 Å². The molecule has 170 valence electrons. The van der Waals surface area contributed by atoms with E-state index in [-0.39, 0.29) is 58.1 Å². The molecule has 0 saturated carbocycles. The Hall–Kier alpha value is -3.25. The number of carboxylic acids is 1. The van der Waals surface area contributed by atoms with Gasteiger partial charge in [0.05, 0.1) is 10.6 Å².